The lowest BCUT2D eigenvalue weighted by molar-refractivity contribution is 0.411. The first-order chi connectivity index (χ1) is 13.8. The topological polar surface area (TPSA) is 70.4 Å². The lowest BCUT2D eigenvalue weighted by Crippen LogP contribution is -2.17. The molecule has 1 aromatic heterocycles. The molecule has 8 heteroatoms. The molecule has 3 aromatic rings. The van der Waals surface area contributed by atoms with Gasteiger partial charge in [-0.05, 0) is 61.1 Å². The molecule has 0 bridgehead atoms. The average Bonchev–Trinajstić information content (AvgIpc) is 2.98. The molecule has 2 aromatic carbocycles. The van der Waals surface area contributed by atoms with Crippen LogP contribution in [0.25, 0.3) is 11.6 Å². The fraction of sp³-hybridized carbons (Fsp3) is 0.0952. The molecule has 1 aliphatic rings. The highest BCUT2D eigenvalue weighted by molar-refractivity contribution is 9.10. The fourth-order valence-corrected chi connectivity index (χ4v) is 3.81. The zero-order valence-electron chi connectivity index (χ0n) is 15.2. The predicted molar refractivity (Wildman–Crippen MR) is 118 cm³/mol. The van der Waals surface area contributed by atoms with Crippen molar-refractivity contribution in [3.05, 3.63) is 84.6 Å². The van der Waals surface area contributed by atoms with Crippen molar-refractivity contribution in [2.24, 2.45) is 4.99 Å². The molecule has 2 N–H and O–H groups in total. The maximum atomic E-state index is 13.2. The maximum absolute atomic E-state index is 13.2. The van der Waals surface area contributed by atoms with Crippen LogP contribution in [0.2, 0.25) is 0 Å². The second-order valence-corrected chi connectivity index (χ2v) is 7.93. The van der Waals surface area contributed by atoms with E-state index in [9.17, 15) is 14.3 Å². The number of aromatic hydroxyl groups is 1. The molecule has 29 heavy (non-hydrogen) atoms. The van der Waals surface area contributed by atoms with Crippen LogP contribution in [0, 0.1) is 10.6 Å². The molecule has 0 aliphatic carbocycles. The number of rotatable bonds is 3. The van der Waals surface area contributed by atoms with Gasteiger partial charge in [0.1, 0.15) is 11.4 Å². The van der Waals surface area contributed by atoms with Crippen LogP contribution in [-0.2, 0) is 6.54 Å². The van der Waals surface area contributed by atoms with Gasteiger partial charge in [-0.25, -0.2) is 4.39 Å². The Balaban J connectivity index is 1.84. The molecule has 0 saturated carbocycles. The van der Waals surface area contributed by atoms with Gasteiger partial charge in [-0.1, -0.05) is 28.1 Å². The molecule has 0 fully saturated rings. The Morgan fingerprint density at radius 1 is 1.28 bits per heavy atom. The summed E-state index contributed by atoms with van der Waals surface area (Å²) in [5.41, 5.74) is 3.47. The minimum Gasteiger partial charge on any atom is -0.494 e. The highest BCUT2D eigenvalue weighted by Gasteiger charge is 2.20. The van der Waals surface area contributed by atoms with E-state index in [2.05, 4.69) is 25.9 Å². The van der Waals surface area contributed by atoms with Gasteiger partial charge in [0.25, 0.3) is 5.56 Å². The molecule has 5 nitrogen and oxygen atoms in total. The van der Waals surface area contributed by atoms with Gasteiger partial charge in [-0.2, -0.15) is 0 Å². The number of allylic oxidation sites excluding steroid dienone is 1. The van der Waals surface area contributed by atoms with Gasteiger partial charge in [0, 0.05) is 21.3 Å². The summed E-state index contributed by atoms with van der Waals surface area (Å²) in [6.07, 6.45) is 1.61. The summed E-state index contributed by atoms with van der Waals surface area (Å²) in [5.74, 6) is -0.610. The summed E-state index contributed by atoms with van der Waals surface area (Å²) < 4.78 is 15.5. The summed E-state index contributed by atoms with van der Waals surface area (Å²) in [6, 6.07) is 11.6. The number of aliphatic imine (C=N–C) groups is 1. The number of H-pyrrole nitrogens is 1. The zero-order valence-corrected chi connectivity index (χ0v) is 17.6. The monoisotopic (exact) mass is 471 g/mol. The van der Waals surface area contributed by atoms with Crippen LogP contribution in [0.15, 0.2) is 56.7 Å². The second-order valence-electron chi connectivity index (χ2n) is 6.63. The van der Waals surface area contributed by atoms with Gasteiger partial charge in [0.05, 0.1) is 12.2 Å². The fourth-order valence-electron chi connectivity index (χ4n) is 3.21. The Bertz CT molecular complexity index is 1310. The summed E-state index contributed by atoms with van der Waals surface area (Å²) in [5, 5.41) is 10.8. The number of hydrogen-bond donors (Lipinski definition) is 2. The lowest BCUT2D eigenvalue weighted by Gasteiger charge is -2.12. The summed E-state index contributed by atoms with van der Waals surface area (Å²) in [6.45, 7) is 2.03. The molecule has 1 aliphatic heterocycles. The smallest absolute Gasteiger partial charge is 0.262 e. The second kappa shape index (κ2) is 7.53. The minimum atomic E-state index is -0.494. The highest BCUT2D eigenvalue weighted by Crippen LogP contribution is 2.38. The third kappa shape index (κ3) is 3.73. The van der Waals surface area contributed by atoms with Crippen molar-refractivity contribution >= 4 is 51.2 Å². The van der Waals surface area contributed by atoms with Gasteiger partial charge in [-0.3, -0.25) is 19.3 Å². The van der Waals surface area contributed by atoms with E-state index >= 15 is 0 Å². The van der Waals surface area contributed by atoms with Gasteiger partial charge in [0.15, 0.2) is 4.77 Å². The molecule has 2 heterocycles. The lowest BCUT2D eigenvalue weighted by atomic mass is 10.0. The number of hydrogen-bond acceptors (Lipinski definition) is 4. The number of fused-ring (bicyclic) bond motifs is 1. The van der Waals surface area contributed by atoms with Gasteiger partial charge in [0.2, 0.25) is 5.88 Å². The first-order valence-electron chi connectivity index (χ1n) is 8.71. The highest BCUT2D eigenvalue weighted by atomic mass is 79.9. The predicted octanol–water partition coefficient (Wildman–Crippen LogP) is 5.21. The average molecular weight is 472 g/mol. The van der Waals surface area contributed by atoms with Crippen LogP contribution in [0.3, 0.4) is 0 Å². The molecular weight excluding hydrogens is 457 g/mol. The van der Waals surface area contributed by atoms with Crippen molar-refractivity contribution in [1.29, 1.82) is 0 Å². The third-order valence-corrected chi connectivity index (χ3v) is 5.49. The van der Waals surface area contributed by atoms with Crippen LogP contribution in [0.1, 0.15) is 23.6 Å². The Labute approximate surface area is 179 Å². The van der Waals surface area contributed by atoms with E-state index in [1.807, 2.05) is 25.1 Å². The van der Waals surface area contributed by atoms with Crippen LogP contribution in [-0.4, -0.2) is 20.4 Å². The Morgan fingerprint density at radius 3 is 2.72 bits per heavy atom. The Hall–Kier alpha value is -2.84. The first kappa shape index (κ1) is 19.5. The molecule has 4 rings (SSSR count). The first-order valence-corrected chi connectivity index (χ1v) is 9.91. The number of aromatic nitrogens is 2. The largest absolute Gasteiger partial charge is 0.494 e. The molecule has 0 amide bonds. The molecule has 0 spiro atoms. The van der Waals surface area contributed by atoms with Crippen LogP contribution >= 0.6 is 28.1 Å². The molecule has 0 saturated heterocycles. The van der Waals surface area contributed by atoms with Crippen molar-refractivity contribution in [2.45, 2.75) is 13.5 Å². The minimum absolute atomic E-state index is 0.0816. The van der Waals surface area contributed by atoms with Crippen molar-refractivity contribution in [2.75, 3.05) is 0 Å². The normalized spacial score (nSPS) is 14.2. The zero-order chi connectivity index (χ0) is 20.7. The van der Waals surface area contributed by atoms with Crippen LogP contribution in [0.4, 0.5) is 10.1 Å². The Morgan fingerprint density at radius 2 is 2.00 bits per heavy atom. The van der Waals surface area contributed by atoms with E-state index in [0.717, 1.165) is 32.6 Å². The number of aromatic amines is 1. The van der Waals surface area contributed by atoms with Crippen LogP contribution in [0.5, 0.6) is 5.88 Å². The maximum Gasteiger partial charge on any atom is 0.262 e. The van der Waals surface area contributed by atoms with Crippen LogP contribution < -0.4 is 5.56 Å². The van der Waals surface area contributed by atoms with E-state index in [1.54, 1.807) is 18.2 Å². The van der Waals surface area contributed by atoms with Crippen molar-refractivity contribution in [1.82, 2.24) is 9.55 Å². The van der Waals surface area contributed by atoms with E-state index in [0.29, 0.717) is 0 Å². The quantitative estimate of drug-likeness (QED) is 0.515. The van der Waals surface area contributed by atoms with Gasteiger partial charge < -0.3 is 5.11 Å². The molecule has 0 atom stereocenters. The van der Waals surface area contributed by atoms with Crippen molar-refractivity contribution in [3.63, 3.8) is 0 Å². The number of benzene rings is 2. The summed E-state index contributed by atoms with van der Waals surface area (Å²) in [4.78, 5) is 19.7. The van der Waals surface area contributed by atoms with Crippen molar-refractivity contribution < 1.29 is 9.50 Å². The number of nitrogens with zero attached hydrogens (tertiary/aromatic N) is 2. The summed E-state index contributed by atoms with van der Waals surface area (Å²) in [7, 11) is 0. The molecule has 146 valence electrons. The van der Waals surface area contributed by atoms with E-state index in [1.165, 1.54) is 16.7 Å². The Kier molecular flexibility index (Phi) is 5.06. The van der Waals surface area contributed by atoms with Gasteiger partial charge >= 0.3 is 0 Å². The third-order valence-electron chi connectivity index (χ3n) is 4.68. The van der Waals surface area contributed by atoms with E-state index in [-0.39, 0.29) is 28.6 Å². The number of halogens is 2. The molecule has 0 radical (unpaired) electrons. The van der Waals surface area contributed by atoms with E-state index in [4.69, 9.17) is 12.2 Å². The number of nitrogens with one attached hydrogen (secondary N) is 1. The van der Waals surface area contributed by atoms with Crippen molar-refractivity contribution in [3.8, 4) is 5.88 Å². The standard InChI is InChI=1S/C21H15BrFN3O2S/c1-11-15(16-8-13(22)4-7-18(16)24-11)9-17-19(27)25-21(29)26(20(17)28)10-12-2-5-14(23)6-3-12/h2-9,28H,10H2,1H3,(H,25,27,29)/b15-9+. The SMILES string of the molecule is CC1=Nc2ccc(Br)cc2/C1=C/c1c(O)n(Cc2ccc(F)cc2)c(=S)[nH]c1=O. The molecular formula is C21H15BrFN3O2S. The molecule has 0 unspecified atom stereocenters. The van der Waals surface area contributed by atoms with E-state index < -0.39 is 5.56 Å². The summed E-state index contributed by atoms with van der Waals surface area (Å²) >= 11 is 8.67. The van der Waals surface area contributed by atoms with Gasteiger partial charge in [-0.15, -0.1) is 0 Å².